The highest BCUT2D eigenvalue weighted by molar-refractivity contribution is 6.43. The van der Waals surface area contributed by atoms with Crippen LogP contribution in [0.25, 0.3) is 0 Å². The normalized spacial score (nSPS) is 17.9. The number of halogens is 2. The summed E-state index contributed by atoms with van der Waals surface area (Å²) in [6.45, 7) is 1.61. The van der Waals surface area contributed by atoms with Crippen LogP contribution in [-0.2, 0) is 0 Å². The van der Waals surface area contributed by atoms with Crippen molar-refractivity contribution in [2.75, 3.05) is 18.4 Å². The minimum absolute atomic E-state index is 0.269. The molecule has 1 aliphatic rings. The summed E-state index contributed by atoms with van der Waals surface area (Å²) >= 11 is 12.0. The van der Waals surface area contributed by atoms with Crippen molar-refractivity contribution in [3.8, 4) is 0 Å². The van der Waals surface area contributed by atoms with E-state index in [1.54, 1.807) is 6.07 Å². The fourth-order valence-corrected chi connectivity index (χ4v) is 2.42. The zero-order valence-corrected chi connectivity index (χ0v) is 10.6. The molecule has 2 rings (SSSR count). The first-order chi connectivity index (χ1) is 7.67. The molecule has 3 N–H and O–H groups in total. The van der Waals surface area contributed by atoms with Gasteiger partial charge in [0.1, 0.15) is 0 Å². The smallest absolute Gasteiger partial charge is 0.0823 e. The van der Waals surface area contributed by atoms with Crippen molar-refractivity contribution in [3.05, 3.63) is 28.2 Å². The summed E-state index contributed by atoms with van der Waals surface area (Å²) in [5.74, 6) is 0. The van der Waals surface area contributed by atoms with E-state index in [0.717, 1.165) is 18.8 Å². The molecule has 16 heavy (non-hydrogen) atoms. The standard InChI is InChI=1S/C12H16Cl2N2/c13-9-3-1-4-10(11(9)14)16-8-12(7-15)5-2-6-12/h1,3-4,16H,2,5-8,15H2. The molecule has 0 spiro atoms. The van der Waals surface area contributed by atoms with E-state index in [1.165, 1.54) is 19.3 Å². The van der Waals surface area contributed by atoms with Gasteiger partial charge in [0.2, 0.25) is 0 Å². The first kappa shape index (κ1) is 12.0. The predicted octanol–water partition coefficient (Wildman–Crippen LogP) is 3.53. The molecule has 0 unspecified atom stereocenters. The predicted molar refractivity (Wildman–Crippen MR) is 70.3 cm³/mol. The lowest BCUT2D eigenvalue weighted by molar-refractivity contribution is 0.163. The quantitative estimate of drug-likeness (QED) is 0.868. The second-order valence-electron chi connectivity index (χ2n) is 4.51. The van der Waals surface area contributed by atoms with Crippen molar-refractivity contribution < 1.29 is 0 Å². The van der Waals surface area contributed by atoms with Crippen LogP contribution in [0.5, 0.6) is 0 Å². The van der Waals surface area contributed by atoms with Gasteiger partial charge in [0.15, 0.2) is 0 Å². The molecule has 0 atom stereocenters. The van der Waals surface area contributed by atoms with Crippen LogP contribution in [0, 0.1) is 5.41 Å². The minimum atomic E-state index is 0.269. The summed E-state index contributed by atoms with van der Waals surface area (Å²) in [4.78, 5) is 0. The summed E-state index contributed by atoms with van der Waals surface area (Å²) < 4.78 is 0. The van der Waals surface area contributed by atoms with Crippen molar-refractivity contribution in [3.63, 3.8) is 0 Å². The SMILES string of the molecule is NCC1(CNc2cccc(Cl)c2Cl)CCC1. The molecule has 1 fully saturated rings. The summed E-state index contributed by atoms with van der Waals surface area (Å²) in [6.07, 6.45) is 3.69. The molecule has 2 nitrogen and oxygen atoms in total. The Hall–Kier alpha value is -0.440. The van der Waals surface area contributed by atoms with E-state index < -0.39 is 0 Å². The number of rotatable bonds is 4. The number of hydrogen-bond donors (Lipinski definition) is 2. The van der Waals surface area contributed by atoms with Crippen molar-refractivity contribution >= 4 is 28.9 Å². The molecule has 0 bridgehead atoms. The lowest BCUT2D eigenvalue weighted by Crippen LogP contribution is -2.43. The van der Waals surface area contributed by atoms with Crippen LogP contribution in [-0.4, -0.2) is 13.1 Å². The number of nitrogens with one attached hydrogen (secondary N) is 1. The van der Waals surface area contributed by atoms with E-state index in [4.69, 9.17) is 28.9 Å². The Bertz CT molecular complexity index is 370. The maximum absolute atomic E-state index is 6.10. The molecular formula is C12H16Cl2N2. The number of nitrogens with two attached hydrogens (primary N) is 1. The Morgan fingerprint density at radius 2 is 2.06 bits per heavy atom. The second kappa shape index (κ2) is 4.82. The zero-order chi connectivity index (χ0) is 11.6. The summed E-state index contributed by atoms with van der Waals surface area (Å²) in [6, 6.07) is 5.63. The molecule has 0 heterocycles. The molecule has 0 aliphatic heterocycles. The lowest BCUT2D eigenvalue weighted by atomic mass is 9.69. The van der Waals surface area contributed by atoms with E-state index in [2.05, 4.69) is 5.32 Å². The third-order valence-corrected chi connectivity index (χ3v) is 4.27. The fourth-order valence-electron chi connectivity index (χ4n) is 2.05. The summed E-state index contributed by atoms with van der Waals surface area (Å²) in [7, 11) is 0. The van der Waals surface area contributed by atoms with Crippen molar-refractivity contribution in [1.29, 1.82) is 0 Å². The van der Waals surface area contributed by atoms with Gasteiger partial charge in [-0.05, 0) is 36.9 Å². The van der Waals surface area contributed by atoms with Crippen molar-refractivity contribution in [2.24, 2.45) is 11.1 Å². The highest BCUT2D eigenvalue weighted by atomic mass is 35.5. The van der Waals surface area contributed by atoms with E-state index >= 15 is 0 Å². The summed E-state index contributed by atoms with van der Waals surface area (Å²) in [5.41, 5.74) is 6.97. The maximum atomic E-state index is 6.10. The van der Waals surface area contributed by atoms with Gasteiger partial charge < -0.3 is 11.1 Å². The average molecular weight is 259 g/mol. The van der Waals surface area contributed by atoms with Gasteiger partial charge in [-0.1, -0.05) is 35.7 Å². The topological polar surface area (TPSA) is 38.0 Å². The van der Waals surface area contributed by atoms with Gasteiger partial charge in [-0.15, -0.1) is 0 Å². The van der Waals surface area contributed by atoms with E-state index in [-0.39, 0.29) is 5.41 Å². The zero-order valence-electron chi connectivity index (χ0n) is 9.10. The molecule has 1 saturated carbocycles. The molecular weight excluding hydrogens is 243 g/mol. The van der Waals surface area contributed by atoms with Crippen LogP contribution in [0.4, 0.5) is 5.69 Å². The Morgan fingerprint density at radius 3 is 2.62 bits per heavy atom. The molecule has 1 aromatic rings. The largest absolute Gasteiger partial charge is 0.383 e. The van der Waals surface area contributed by atoms with E-state index in [0.29, 0.717) is 10.0 Å². The van der Waals surface area contributed by atoms with Gasteiger partial charge in [-0.3, -0.25) is 0 Å². The third kappa shape index (κ3) is 2.29. The first-order valence-corrected chi connectivity index (χ1v) is 6.30. The second-order valence-corrected chi connectivity index (χ2v) is 5.30. The average Bonchev–Trinajstić information content (AvgIpc) is 2.23. The first-order valence-electron chi connectivity index (χ1n) is 5.55. The van der Waals surface area contributed by atoms with Crippen LogP contribution in [0.15, 0.2) is 18.2 Å². The van der Waals surface area contributed by atoms with Crippen LogP contribution in [0.2, 0.25) is 10.0 Å². The van der Waals surface area contributed by atoms with Crippen LogP contribution < -0.4 is 11.1 Å². The summed E-state index contributed by atoms with van der Waals surface area (Å²) in [5, 5.41) is 4.53. The highest BCUT2D eigenvalue weighted by Crippen LogP contribution is 2.40. The van der Waals surface area contributed by atoms with Gasteiger partial charge in [0, 0.05) is 6.54 Å². The van der Waals surface area contributed by atoms with Crippen LogP contribution >= 0.6 is 23.2 Å². The highest BCUT2D eigenvalue weighted by Gasteiger charge is 2.35. The van der Waals surface area contributed by atoms with Crippen molar-refractivity contribution in [1.82, 2.24) is 0 Å². The molecule has 4 heteroatoms. The van der Waals surface area contributed by atoms with Gasteiger partial charge in [-0.25, -0.2) is 0 Å². The number of hydrogen-bond acceptors (Lipinski definition) is 2. The molecule has 0 amide bonds. The Labute approximate surface area is 106 Å². The molecule has 1 aliphatic carbocycles. The molecule has 0 radical (unpaired) electrons. The Kier molecular flexibility index (Phi) is 3.63. The van der Waals surface area contributed by atoms with Gasteiger partial charge >= 0.3 is 0 Å². The fraction of sp³-hybridized carbons (Fsp3) is 0.500. The van der Waals surface area contributed by atoms with E-state index in [9.17, 15) is 0 Å². The molecule has 88 valence electrons. The van der Waals surface area contributed by atoms with Gasteiger partial charge in [-0.2, -0.15) is 0 Å². The van der Waals surface area contributed by atoms with E-state index in [1.807, 2.05) is 12.1 Å². The van der Waals surface area contributed by atoms with Gasteiger partial charge in [0.05, 0.1) is 15.7 Å². The molecule has 0 aromatic heterocycles. The van der Waals surface area contributed by atoms with Crippen LogP contribution in [0.3, 0.4) is 0 Å². The van der Waals surface area contributed by atoms with Crippen LogP contribution in [0.1, 0.15) is 19.3 Å². The maximum Gasteiger partial charge on any atom is 0.0823 e. The third-order valence-electron chi connectivity index (χ3n) is 3.45. The van der Waals surface area contributed by atoms with Crippen molar-refractivity contribution in [2.45, 2.75) is 19.3 Å². The number of benzene rings is 1. The monoisotopic (exact) mass is 258 g/mol. The number of anilines is 1. The molecule has 0 saturated heterocycles. The Morgan fingerprint density at radius 1 is 1.31 bits per heavy atom. The lowest BCUT2D eigenvalue weighted by Gasteiger charge is -2.41. The molecule has 1 aromatic carbocycles. The Balaban J connectivity index is 2.02. The van der Waals surface area contributed by atoms with Gasteiger partial charge in [0.25, 0.3) is 0 Å². The minimum Gasteiger partial charge on any atom is -0.383 e.